The van der Waals surface area contributed by atoms with Crippen molar-refractivity contribution in [3.8, 4) is 0 Å². The molecule has 0 radical (unpaired) electrons. The molecule has 8 nitrogen and oxygen atoms in total. The molecule has 302 valence electrons. The number of quaternary nitrogens is 1. The Morgan fingerprint density at radius 1 is 0.608 bits per heavy atom. The van der Waals surface area contributed by atoms with Gasteiger partial charge in [-0.15, -0.1) is 0 Å². The van der Waals surface area contributed by atoms with Crippen molar-refractivity contribution in [1.29, 1.82) is 0 Å². The van der Waals surface area contributed by atoms with Crippen molar-refractivity contribution in [2.75, 3.05) is 54.1 Å². The number of esters is 1. The fourth-order valence-corrected chi connectivity index (χ4v) is 6.42. The van der Waals surface area contributed by atoms with E-state index in [9.17, 15) is 14.3 Å². The second-order valence-corrected chi connectivity index (χ2v) is 16.8. The Morgan fingerprint density at radius 3 is 1.63 bits per heavy atom. The largest absolute Gasteiger partial charge is 0.756 e. The van der Waals surface area contributed by atoms with Crippen molar-refractivity contribution >= 4 is 13.8 Å². The number of unbranched alkanes of at least 4 members (excludes halogenated alkanes) is 21. The van der Waals surface area contributed by atoms with Gasteiger partial charge in [-0.25, -0.2) is 0 Å². The van der Waals surface area contributed by atoms with Gasteiger partial charge in [-0.2, -0.15) is 0 Å². The molecule has 0 aromatic carbocycles. The lowest BCUT2D eigenvalue weighted by molar-refractivity contribution is -0.870. The summed E-state index contributed by atoms with van der Waals surface area (Å²) in [4.78, 5) is 25.0. The van der Waals surface area contributed by atoms with Crippen LogP contribution in [-0.2, 0) is 27.9 Å². The summed E-state index contributed by atoms with van der Waals surface area (Å²) in [6.45, 7) is 5.39. The Labute approximate surface area is 315 Å². The van der Waals surface area contributed by atoms with Gasteiger partial charge in [0.2, 0.25) is 0 Å². The first-order valence-electron chi connectivity index (χ1n) is 21.1. The van der Waals surface area contributed by atoms with Crippen LogP contribution >= 0.6 is 7.82 Å². The van der Waals surface area contributed by atoms with Gasteiger partial charge in [0.15, 0.2) is 0 Å². The fraction of sp³-hybridized carbons (Fsp3) is 0.881. The average Bonchev–Trinajstić information content (AvgIpc) is 3.08. The van der Waals surface area contributed by atoms with Crippen molar-refractivity contribution in [1.82, 2.24) is 0 Å². The third-order valence-corrected chi connectivity index (χ3v) is 9.97. The highest BCUT2D eigenvalue weighted by atomic mass is 31.2. The van der Waals surface area contributed by atoms with Crippen LogP contribution in [0.3, 0.4) is 0 Å². The topological polar surface area (TPSA) is 94.1 Å². The zero-order chi connectivity index (χ0) is 37.7. The zero-order valence-corrected chi connectivity index (χ0v) is 35.0. The summed E-state index contributed by atoms with van der Waals surface area (Å²) in [7, 11) is 1.36. The monoisotopic (exact) mass is 744 g/mol. The van der Waals surface area contributed by atoms with E-state index in [-0.39, 0.29) is 25.8 Å². The highest BCUT2D eigenvalue weighted by Crippen LogP contribution is 2.38. The summed E-state index contributed by atoms with van der Waals surface area (Å²) >= 11 is 0. The molecular weight excluding hydrogens is 661 g/mol. The quantitative estimate of drug-likeness (QED) is 0.0203. The summed E-state index contributed by atoms with van der Waals surface area (Å²) in [5.41, 5.74) is 0. The van der Waals surface area contributed by atoms with Crippen LogP contribution in [0.2, 0.25) is 0 Å². The first-order chi connectivity index (χ1) is 24.6. The SMILES string of the molecule is CCCCC/C=C\C/C=C\CCCCCCCCCCCC(=O)OC(COCCCCCCCCCCCC)COP(=O)([O-])OCC[N+](C)(C)C. The number of hydrogen-bond acceptors (Lipinski definition) is 7. The molecule has 2 unspecified atom stereocenters. The summed E-state index contributed by atoms with van der Waals surface area (Å²) in [6, 6.07) is 0. The first kappa shape index (κ1) is 50.0. The van der Waals surface area contributed by atoms with Crippen molar-refractivity contribution in [3.05, 3.63) is 24.3 Å². The maximum atomic E-state index is 12.6. The van der Waals surface area contributed by atoms with Gasteiger partial charge in [-0.1, -0.05) is 154 Å². The second kappa shape index (κ2) is 36.0. The second-order valence-electron chi connectivity index (χ2n) is 15.4. The Hall–Kier alpha value is -1.02. The van der Waals surface area contributed by atoms with Gasteiger partial charge >= 0.3 is 5.97 Å². The van der Waals surface area contributed by atoms with Crippen LogP contribution in [0, 0.1) is 0 Å². The molecule has 0 aliphatic carbocycles. The minimum Gasteiger partial charge on any atom is -0.756 e. The molecule has 0 rings (SSSR count). The minimum atomic E-state index is -4.52. The predicted octanol–water partition coefficient (Wildman–Crippen LogP) is 11.4. The van der Waals surface area contributed by atoms with Crippen molar-refractivity contribution in [3.63, 3.8) is 0 Å². The van der Waals surface area contributed by atoms with Crippen LogP contribution in [0.25, 0.3) is 0 Å². The number of hydrogen-bond donors (Lipinski definition) is 0. The van der Waals surface area contributed by atoms with Gasteiger partial charge < -0.3 is 27.9 Å². The molecule has 0 heterocycles. The van der Waals surface area contributed by atoms with E-state index in [4.69, 9.17) is 18.5 Å². The number of ether oxygens (including phenoxy) is 2. The molecule has 9 heteroatoms. The number of rotatable bonds is 39. The predicted molar refractivity (Wildman–Crippen MR) is 213 cm³/mol. The van der Waals surface area contributed by atoms with Crippen LogP contribution < -0.4 is 4.89 Å². The molecular formula is C42H82NO7P. The molecule has 0 aromatic rings. The van der Waals surface area contributed by atoms with Gasteiger partial charge in [0, 0.05) is 13.0 Å². The first-order valence-corrected chi connectivity index (χ1v) is 22.5. The van der Waals surface area contributed by atoms with Gasteiger partial charge in [0.05, 0.1) is 34.4 Å². The van der Waals surface area contributed by atoms with Crippen molar-refractivity contribution < 1.29 is 37.3 Å². The Balaban J connectivity index is 4.19. The summed E-state index contributed by atoms with van der Waals surface area (Å²) < 4.78 is 34.5. The lowest BCUT2D eigenvalue weighted by Gasteiger charge is -2.28. The Bertz CT molecular complexity index is 874. The van der Waals surface area contributed by atoms with Crippen LogP contribution in [-0.4, -0.2) is 70.7 Å². The van der Waals surface area contributed by atoms with Crippen molar-refractivity contribution in [2.24, 2.45) is 0 Å². The average molecular weight is 744 g/mol. The summed E-state index contributed by atoms with van der Waals surface area (Å²) in [5.74, 6) is -0.338. The standard InChI is InChI=1S/C42H82NO7P/c1-6-8-10-12-14-16-18-19-20-21-22-23-24-25-26-27-29-31-33-35-42(44)50-41(40-49-51(45,46)48-38-36-43(3,4)5)39-47-37-34-32-30-28-17-15-13-11-9-7-2/h14,16,19-20,41H,6-13,15,17-18,21-40H2,1-5H3/b16-14-,20-19-. The molecule has 0 spiro atoms. The normalized spacial score (nSPS) is 14.1. The number of phosphoric acid groups is 1. The van der Waals surface area contributed by atoms with Crippen LogP contribution in [0.1, 0.15) is 181 Å². The Kier molecular flexibility index (Phi) is 35.3. The van der Waals surface area contributed by atoms with E-state index in [1.165, 1.54) is 122 Å². The van der Waals surface area contributed by atoms with E-state index in [1.54, 1.807) is 0 Å². The molecule has 0 saturated carbocycles. The third kappa shape index (κ3) is 40.0. The molecule has 0 N–H and O–H groups in total. The van der Waals surface area contributed by atoms with Gasteiger partial charge in [0.25, 0.3) is 7.82 Å². The van der Waals surface area contributed by atoms with E-state index < -0.39 is 13.9 Å². The van der Waals surface area contributed by atoms with Crippen LogP contribution in [0.4, 0.5) is 0 Å². The molecule has 0 aliphatic heterocycles. The zero-order valence-electron chi connectivity index (χ0n) is 34.1. The fourth-order valence-electron chi connectivity index (χ4n) is 5.69. The van der Waals surface area contributed by atoms with E-state index in [0.717, 1.165) is 38.5 Å². The summed E-state index contributed by atoms with van der Waals surface area (Å²) in [6.07, 6.45) is 38.9. The highest BCUT2D eigenvalue weighted by molar-refractivity contribution is 7.45. The van der Waals surface area contributed by atoms with Gasteiger partial charge in [-0.3, -0.25) is 9.36 Å². The molecule has 51 heavy (non-hydrogen) atoms. The lowest BCUT2D eigenvalue weighted by atomic mass is 10.1. The molecule has 2 atom stereocenters. The van der Waals surface area contributed by atoms with Crippen LogP contribution in [0.5, 0.6) is 0 Å². The Morgan fingerprint density at radius 2 is 1.08 bits per heavy atom. The molecule has 0 bridgehead atoms. The maximum absolute atomic E-state index is 12.6. The van der Waals surface area contributed by atoms with E-state index in [1.807, 2.05) is 21.1 Å². The maximum Gasteiger partial charge on any atom is 0.306 e. The molecule has 0 aromatic heterocycles. The number of nitrogens with zero attached hydrogens (tertiary/aromatic N) is 1. The number of carbonyl (C=O) groups excluding carboxylic acids is 1. The number of likely N-dealkylation sites (N-methyl/N-ethyl adjacent to an activating group) is 1. The number of carbonyl (C=O) groups is 1. The molecule has 0 aliphatic rings. The molecule has 0 amide bonds. The van der Waals surface area contributed by atoms with Gasteiger partial charge in [-0.05, 0) is 44.9 Å². The molecule has 0 saturated heterocycles. The van der Waals surface area contributed by atoms with E-state index >= 15 is 0 Å². The highest BCUT2D eigenvalue weighted by Gasteiger charge is 2.20. The number of allylic oxidation sites excluding steroid dienone is 4. The summed E-state index contributed by atoms with van der Waals surface area (Å²) in [5, 5.41) is 0. The van der Waals surface area contributed by atoms with E-state index in [2.05, 4.69) is 38.2 Å². The smallest absolute Gasteiger partial charge is 0.306 e. The lowest BCUT2D eigenvalue weighted by Crippen LogP contribution is -2.37. The van der Waals surface area contributed by atoms with Gasteiger partial charge in [0.1, 0.15) is 19.3 Å². The van der Waals surface area contributed by atoms with Crippen LogP contribution in [0.15, 0.2) is 24.3 Å². The van der Waals surface area contributed by atoms with Crippen molar-refractivity contribution in [2.45, 2.75) is 187 Å². The minimum absolute atomic E-state index is 0.0269. The number of phosphoric ester groups is 1. The third-order valence-electron chi connectivity index (χ3n) is 9.01. The molecule has 0 fully saturated rings. The van der Waals surface area contributed by atoms with E-state index in [0.29, 0.717) is 24.1 Å².